The Morgan fingerprint density at radius 1 is 0.761 bits per heavy atom. The van der Waals surface area contributed by atoms with Crippen LogP contribution in [0.2, 0.25) is 20.1 Å². The molecule has 0 radical (unpaired) electrons. The van der Waals surface area contributed by atoms with Crippen LogP contribution < -0.4 is 9.62 Å². The molecule has 242 valence electrons. The van der Waals surface area contributed by atoms with Crippen molar-refractivity contribution in [2.75, 3.05) is 17.4 Å². The second-order valence-corrected chi connectivity index (χ2v) is 14.6. The number of rotatable bonds is 13. The average Bonchev–Trinajstić information content (AvgIpc) is 3.04. The maximum atomic E-state index is 14.5. The zero-order valence-electron chi connectivity index (χ0n) is 25.2. The van der Waals surface area contributed by atoms with E-state index in [0.717, 1.165) is 9.87 Å². The maximum Gasteiger partial charge on any atom is 0.264 e. The van der Waals surface area contributed by atoms with Crippen molar-refractivity contribution in [2.45, 2.75) is 37.8 Å². The molecule has 0 aliphatic carbocycles. The van der Waals surface area contributed by atoms with Gasteiger partial charge >= 0.3 is 0 Å². The number of amides is 2. The number of carbonyl (C=O) groups is 2. The summed E-state index contributed by atoms with van der Waals surface area (Å²) in [5.74, 6) is -0.886. The topological polar surface area (TPSA) is 86.8 Å². The molecule has 0 saturated carbocycles. The standard InChI is InChI=1S/C34H33Cl4N3O4S/c1-23(2)20-39-34(43)32(18-24-9-5-3-6-10-24)40(21-25-13-15-28(36)30(38)17-25)33(42)22-41(31-19-26(35)14-16-29(31)37)46(44,45)27-11-7-4-8-12-27/h3-17,19,23,32H,18,20-22H2,1-2H3,(H,39,43)/t32-/m0/s1. The summed E-state index contributed by atoms with van der Waals surface area (Å²) in [5, 5.41) is 3.85. The molecule has 0 aromatic heterocycles. The van der Waals surface area contributed by atoms with Gasteiger partial charge in [0.05, 0.1) is 25.7 Å². The lowest BCUT2D eigenvalue weighted by Gasteiger charge is -2.34. The molecule has 0 bridgehead atoms. The zero-order valence-corrected chi connectivity index (χ0v) is 29.0. The van der Waals surface area contributed by atoms with Crippen molar-refractivity contribution in [3.05, 3.63) is 128 Å². The highest BCUT2D eigenvalue weighted by atomic mass is 35.5. The molecule has 12 heteroatoms. The monoisotopic (exact) mass is 719 g/mol. The Labute approximate surface area is 290 Å². The van der Waals surface area contributed by atoms with Crippen LogP contribution >= 0.6 is 46.4 Å². The highest BCUT2D eigenvalue weighted by Gasteiger charge is 2.35. The largest absolute Gasteiger partial charge is 0.354 e. The minimum atomic E-state index is -4.33. The van der Waals surface area contributed by atoms with Gasteiger partial charge in [0.2, 0.25) is 11.8 Å². The molecule has 0 unspecified atom stereocenters. The normalized spacial score (nSPS) is 12.1. The van der Waals surface area contributed by atoms with Crippen LogP contribution in [0.4, 0.5) is 5.69 Å². The van der Waals surface area contributed by atoms with Crippen molar-refractivity contribution in [1.82, 2.24) is 10.2 Å². The molecule has 0 heterocycles. The number of sulfonamides is 1. The summed E-state index contributed by atoms with van der Waals surface area (Å²) >= 11 is 25.3. The third-order valence-corrected chi connectivity index (χ3v) is 10.1. The Hall–Kier alpha value is -3.27. The van der Waals surface area contributed by atoms with E-state index in [9.17, 15) is 18.0 Å². The minimum absolute atomic E-state index is 0.0183. The van der Waals surface area contributed by atoms with Gasteiger partial charge in [0.15, 0.2) is 0 Å². The Balaban J connectivity index is 1.83. The van der Waals surface area contributed by atoms with E-state index in [1.807, 2.05) is 44.2 Å². The lowest BCUT2D eigenvalue weighted by Crippen LogP contribution is -2.53. The smallest absolute Gasteiger partial charge is 0.264 e. The third-order valence-electron chi connectivity index (χ3n) is 7.08. The van der Waals surface area contributed by atoms with Gasteiger partial charge in [0.25, 0.3) is 10.0 Å². The number of nitrogens with zero attached hydrogens (tertiary/aromatic N) is 2. The fourth-order valence-electron chi connectivity index (χ4n) is 4.72. The van der Waals surface area contributed by atoms with Crippen LogP contribution in [0.15, 0.2) is 102 Å². The first kappa shape index (κ1) is 35.6. The molecule has 0 saturated heterocycles. The van der Waals surface area contributed by atoms with Crippen molar-refractivity contribution in [3.8, 4) is 0 Å². The van der Waals surface area contributed by atoms with Crippen molar-refractivity contribution >= 4 is 73.9 Å². The average molecular weight is 722 g/mol. The van der Waals surface area contributed by atoms with E-state index >= 15 is 0 Å². The van der Waals surface area contributed by atoms with Crippen molar-refractivity contribution in [3.63, 3.8) is 0 Å². The SMILES string of the molecule is CC(C)CNC(=O)[C@H](Cc1ccccc1)N(Cc1ccc(Cl)c(Cl)c1)C(=O)CN(c1cc(Cl)ccc1Cl)S(=O)(=O)c1ccccc1. The van der Waals surface area contributed by atoms with Gasteiger partial charge in [-0.3, -0.25) is 13.9 Å². The fourth-order valence-corrected chi connectivity index (χ4v) is 6.92. The lowest BCUT2D eigenvalue weighted by atomic mass is 10.0. The molecule has 7 nitrogen and oxygen atoms in total. The van der Waals surface area contributed by atoms with Gasteiger partial charge in [-0.25, -0.2) is 8.42 Å². The predicted octanol–water partition coefficient (Wildman–Crippen LogP) is 7.91. The molecule has 0 aliphatic heterocycles. The number of halogens is 4. The van der Waals surface area contributed by atoms with Crippen LogP contribution in [0.3, 0.4) is 0 Å². The summed E-state index contributed by atoms with van der Waals surface area (Å²) in [5.41, 5.74) is 1.42. The Kier molecular flexibility index (Phi) is 12.4. The van der Waals surface area contributed by atoms with Crippen LogP contribution in [-0.2, 0) is 32.6 Å². The van der Waals surface area contributed by atoms with Gasteiger partial charge < -0.3 is 10.2 Å². The zero-order chi connectivity index (χ0) is 33.4. The van der Waals surface area contributed by atoms with Crippen LogP contribution in [-0.4, -0.2) is 44.3 Å². The van der Waals surface area contributed by atoms with E-state index < -0.39 is 28.5 Å². The Bertz CT molecular complexity index is 1770. The van der Waals surface area contributed by atoms with Gasteiger partial charge in [-0.1, -0.05) is 115 Å². The fraction of sp³-hybridized carbons (Fsp3) is 0.235. The van der Waals surface area contributed by atoms with Crippen molar-refractivity contribution < 1.29 is 18.0 Å². The van der Waals surface area contributed by atoms with E-state index in [2.05, 4.69) is 5.32 Å². The number of anilines is 1. The third kappa shape index (κ3) is 9.17. The van der Waals surface area contributed by atoms with E-state index in [0.29, 0.717) is 17.1 Å². The van der Waals surface area contributed by atoms with Crippen LogP contribution in [0, 0.1) is 5.92 Å². The molecule has 46 heavy (non-hydrogen) atoms. The molecule has 2 amide bonds. The van der Waals surface area contributed by atoms with Gasteiger partial charge in [-0.15, -0.1) is 0 Å². The number of benzene rings is 4. The van der Waals surface area contributed by atoms with Crippen LogP contribution in [0.5, 0.6) is 0 Å². The first-order valence-electron chi connectivity index (χ1n) is 14.4. The number of nitrogens with one attached hydrogen (secondary N) is 1. The van der Waals surface area contributed by atoms with E-state index in [1.165, 1.54) is 35.2 Å². The molecule has 0 spiro atoms. The number of hydrogen-bond acceptors (Lipinski definition) is 4. The Morgan fingerprint density at radius 2 is 1.39 bits per heavy atom. The van der Waals surface area contributed by atoms with E-state index in [1.54, 1.807) is 36.4 Å². The second-order valence-electron chi connectivity index (χ2n) is 11.0. The summed E-state index contributed by atoms with van der Waals surface area (Å²) in [7, 11) is -4.33. The molecule has 1 N–H and O–H groups in total. The summed E-state index contributed by atoms with van der Waals surface area (Å²) in [6.45, 7) is 3.57. The highest BCUT2D eigenvalue weighted by molar-refractivity contribution is 7.92. The minimum Gasteiger partial charge on any atom is -0.354 e. The predicted molar refractivity (Wildman–Crippen MR) is 186 cm³/mol. The van der Waals surface area contributed by atoms with Crippen LogP contribution in [0.1, 0.15) is 25.0 Å². The summed E-state index contributed by atoms with van der Waals surface area (Å²) in [6, 6.07) is 25.2. The molecule has 0 fully saturated rings. The molecule has 4 aromatic carbocycles. The number of hydrogen-bond donors (Lipinski definition) is 1. The molecular formula is C34H33Cl4N3O4S. The maximum absolute atomic E-state index is 14.5. The van der Waals surface area contributed by atoms with Crippen molar-refractivity contribution in [1.29, 1.82) is 0 Å². The molecule has 1 atom stereocenters. The first-order chi connectivity index (χ1) is 21.9. The van der Waals surface area contributed by atoms with Crippen LogP contribution in [0.25, 0.3) is 0 Å². The molecular weight excluding hydrogens is 688 g/mol. The van der Waals surface area contributed by atoms with Crippen molar-refractivity contribution in [2.24, 2.45) is 5.92 Å². The molecule has 4 aromatic rings. The van der Waals surface area contributed by atoms with Gasteiger partial charge in [0, 0.05) is 24.5 Å². The first-order valence-corrected chi connectivity index (χ1v) is 17.4. The van der Waals surface area contributed by atoms with Gasteiger partial charge in [-0.05, 0) is 59.5 Å². The molecule has 0 aliphatic rings. The van der Waals surface area contributed by atoms with Gasteiger partial charge in [0.1, 0.15) is 12.6 Å². The van der Waals surface area contributed by atoms with Gasteiger partial charge in [-0.2, -0.15) is 0 Å². The number of carbonyl (C=O) groups excluding carboxylic acids is 2. The quantitative estimate of drug-likeness (QED) is 0.152. The molecule has 4 rings (SSSR count). The second kappa shape index (κ2) is 16.0. The highest BCUT2D eigenvalue weighted by Crippen LogP contribution is 2.33. The summed E-state index contributed by atoms with van der Waals surface area (Å²) < 4.78 is 29.1. The van der Waals surface area contributed by atoms with E-state index in [4.69, 9.17) is 46.4 Å². The van der Waals surface area contributed by atoms with E-state index in [-0.39, 0.29) is 50.4 Å². The summed E-state index contributed by atoms with van der Waals surface area (Å²) in [6.07, 6.45) is 0.168. The lowest BCUT2D eigenvalue weighted by molar-refractivity contribution is -0.140. The Morgan fingerprint density at radius 3 is 2.02 bits per heavy atom. The summed E-state index contributed by atoms with van der Waals surface area (Å²) in [4.78, 5) is 29.7.